The first-order chi connectivity index (χ1) is 9.60. The lowest BCUT2D eigenvalue weighted by atomic mass is 10.1. The van der Waals surface area contributed by atoms with Crippen molar-refractivity contribution < 1.29 is 9.63 Å². The number of thiazole rings is 1. The van der Waals surface area contributed by atoms with Crippen molar-refractivity contribution in [1.29, 1.82) is 0 Å². The van der Waals surface area contributed by atoms with E-state index in [0.29, 0.717) is 5.56 Å². The molecule has 0 aliphatic rings. The zero-order valence-corrected chi connectivity index (χ0v) is 13.3. The summed E-state index contributed by atoms with van der Waals surface area (Å²) >= 11 is 3.37. The van der Waals surface area contributed by atoms with Gasteiger partial charge >= 0.3 is 0 Å². The van der Waals surface area contributed by atoms with Gasteiger partial charge in [-0.15, -0.1) is 11.3 Å². The van der Waals surface area contributed by atoms with Gasteiger partial charge in [0.1, 0.15) is 4.34 Å². The van der Waals surface area contributed by atoms with Gasteiger partial charge in [0.15, 0.2) is 0 Å². The van der Waals surface area contributed by atoms with Gasteiger partial charge in [-0.3, -0.25) is 9.63 Å². The van der Waals surface area contributed by atoms with E-state index in [1.807, 2.05) is 36.6 Å². The number of hydrogen-bond donors (Lipinski definition) is 0. The molecule has 0 spiro atoms. The van der Waals surface area contributed by atoms with Crippen LogP contribution in [-0.2, 0) is 10.6 Å². The zero-order chi connectivity index (χ0) is 14.5. The van der Waals surface area contributed by atoms with E-state index in [1.54, 1.807) is 30.1 Å². The minimum absolute atomic E-state index is 0.151. The fourth-order valence-corrected chi connectivity index (χ4v) is 3.36. The van der Waals surface area contributed by atoms with Gasteiger partial charge in [0, 0.05) is 29.4 Å². The van der Waals surface area contributed by atoms with E-state index in [2.05, 4.69) is 4.98 Å². The van der Waals surface area contributed by atoms with Crippen LogP contribution >= 0.6 is 23.1 Å². The van der Waals surface area contributed by atoms with Crippen LogP contribution in [0.5, 0.6) is 0 Å². The molecule has 4 nitrogen and oxygen atoms in total. The molecular weight excluding hydrogens is 292 g/mol. The van der Waals surface area contributed by atoms with Crippen molar-refractivity contribution in [1.82, 2.24) is 10.0 Å². The molecule has 20 heavy (non-hydrogen) atoms. The number of aromatic nitrogens is 1. The fraction of sp³-hybridized carbons (Fsp3) is 0.286. The van der Waals surface area contributed by atoms with Gasteiger partial charge in [-0.1, -0.05) is 23.9 Å². The molecule has 0 aliphatic heterocycles. The number of hydrogen-bond acceptors (Lipinski definition) is 5. The summed E-state index contributed by atoms with van der Waals surface area (Å²) in [5, 5.41) is 3.26. The normalized spacial score (nSPS) is 10.6. The highest BCUT2D eigenvalue weighted by molar-refractivity contribution is 8.00. The largest absolute Gasteiger partial charge is 0.277 e. The fourth-order valence-electron chi connectivity index (χ4n) is 1.55. The van der Waals surface area contributed by atoms with E-state index in [0.717, 1.165) is 15.8 Å². The number of rotatable bonds is 5. The summed E-state index contributed by atoms with van der Waals surface area (Å²) in [7, 11) is 3.07. The molecule has 1 heterocycles. The average molecular weight is 308 g/mol. The smallest absolute Gasteiger partial charge is 0.274 e. The van der Waals surface area contributed by atoms with Crippen LogP contribution in [0.1, 0.15) is 21.6 Å². The number of carbonyl (C=O) groups excluding carboxylic acids is 1. The lowest BCUT2D eigenvalue weighted by molar-refractivity contribution is -0.0756. The first-order valence-corrected chi connectivity index (χ1v) is 7.92. The van der Waals surface area contributed by atoms with Crippen molar-refractivity contribution in [2.24, 2.45) is 0 Å². The molecule has 2 aromatic rings. The second-order valence-electron chi connectivity index (χ2n) is 4.23. The lowest BCUT2D eigenvalue weighted by Crippen LogP contribution is -2.25. The Kier molecular flexibility index (Phi) is 5.17. The minimum atomic E-state index is -0.151. The third-order valence-electron chi connectivity index (χ3n) is 2.72. The molecule has 0 radical (unpaired) electrons. The summed E-state index contributed by atoms with van der Waals surface area (Å²) in [6.07, 6.45) is 0. The maximum Gasteiger partial charge on any atom is 0.277 e. The Labute approximate surface area is 126 Å². The Balaban J connectivity index is 1.96. The van der Waals surface area contributed by atoms with E-state index in [1.165, 1.54) is 17.7 Å². The second-order valence-corrected chi connectivity index (χ2v) is 6.31. The van der Waals surface area contributed by atoms with E-state index >= 15 is 0 Å². The number of carbonyl (C=O) groups is 1. The van der Waals surface area contributed by atoms with Crippen LogP contribution in [0.2, 0.25) is 0 Å². The Morgan fingerprint density at radius 3 is 2.65 bits per heavy atom. The molecular formula is C14H16N2O2S2. The number of thioether (sulfide) groups is 1. The van der Waals surface area contributed by atoms with E-state index in [4.69, 9.17) is 4.84 Å². The van der Waals surface area contributed by atoms with E-state index < -0.39 is 0 Å². The van der Waals surface area contributed by atoms with Crippen molar-refractivity contribution in [3.63, 3.8) is 0 Å². The lowest BCUT2D eigenvalue weighted by Gasteiger charge is -2.13. The van der Waals surface area contributed by atoms with Crippen LogP contribution in [0.15, 0.2) is 34.0 Å². The molecule has 0 bridgehead atoms. The summed E-state index contributed by atoms with van der Waals surface area (Å²) in [6, 6.07) is 7.57. The summed E-state index contributed by atoms with van der Waals surface area (Å²) in [6.45, 7) is 1.99. The number of nitrogens with zero attached hydrogens (tertiary/aromatic N) is 2. The van der Waals surface area contributed by atoms with E-state index in [-0.39, 0.29) is 5.91 Å². The van der Waals surface area contributed by atoms with Gasteiger partial charge < -0.3 is 0 Å². The topological polar surface area (TPSA) is 42.4 Å². The number of hydroxylamine groups is 2. The number of amides is 1. The highest BCUT2D eigenvalue weighted by Gasteiger charge is 2.10. The van der Waals surface area contributed by atoms with Crippen LogP contribution in [0.25, 0.3) is 0 Å². The highest BCUT2D eigenvalue weighted by Crippen LogP contribution is 2.26. The van der Waals surface area contributed by atoms with Crippen molar-refractivity contribution in [3.8, 4) is 0 Å². The summed E-state index contributed by atoms with van der Waals surface area (Å²) in [5.41, 5.74) is 2.84. The second kappa shape index (κ2) is 6.88. The quantitative estimate of drug-likeness (QED) is 0.627. The van der Waals surface area contributed by atoms with Crippen molar-refractivity contribution in [2.45, 2.75) is 17.0 Å². The molecule has 2 rings (SSSR count). The predicted molar refractivity (Wildman–Crippen MR) is 82.0 cm³/mol. The third kappa shape index (κ3) is 3.82. The third-order valence-corrected chi connectivity index (χ3v) is 4.93. The Hall–Kier alpha value is -1.37. The van der Waals surface area contributed by atoms with Gasteiger partial charge in [-0.05, 0) is 24.6 Å². The maximum atomic E-state index is 11.9. The van der Waals surface area contributed by atoms with Gasteiger partial charge in [0.2, 0.25) is 0 Å². The van der Waals surface area contributed by atoms with Gasteiger partial charge in [-0.25, -0.2) is 10.0 Å². The first-order valence-electron chi connectivity index (χ1n) is 6.06. The molecule has 1 aromatic heterocycles. The summed E-state index contributed by atoms with van der Waals surface area (Å²) in [4.78, 5) is 21.1. The summed E-state index contributed by atoms with van der Waals surface area (Å²) < 4.78 is 1.07. The predicted octanol–water partition coefficient (Wildman–Crippen LogP) is 3.38. The standard InChI is InChI=1S/C14H16N2O2S2/c1-10-8-19-14(15-10)20-9-11-4-6-12(7-5-11)13(17)16(2)18-3/h4-8H,9H2,1-3H3. The number of aryl methyl sites for hydroxylation is 1. The molecule has 0 N–H and O–H groups in total. The number of benzene rings is 1. The molecule has 1 amide bonds. The Morgan fingerprint density at radius 2 is 2.10 bits per heavy atom. The van der Waals surface area contributed by atoms with Gasteiger partial charge in [0.25, 0.3) is 5.91 Å². The SMILES string of the molecule is CON(C)C(=O)c1ccc(CSc2nc(C)cs2)cc1. The van der Waals surface area contributed by atoms with Crippen molar-refractivity contribution >= 4 is 29.0 Å². The molecule has 6 heteroatoms. The average Bonchev–Trinajstić information content (AvgIpc) is 2.89. The molecule has 0 saturated carbocycles. The maximum absolute atomic E-state index is 11.9. The van der Waals surface area contributed by atoms with Crippen molar-refractivity contribution in [3.05, 3.63) is 46.5 Å². The Morgan fingerprint density at radius 1 is 1.40 bits per heavy atom. The molecule has 0 fully saturated rings. The van der Waals surface area contributed by atoms with Crippen LogP contribution in [-0.4, -0.2) is 30.1 Å². The molecule has 0 aliphatic carbocycles. The van der Waals surface area contributed by atoms with Crippen LogP contribution in [0.4, 0.5) is 0 Å². The molecule has 106 valence electrons. The van der Waals surface area contributed by atoms with Crippen LogP contribution in [0.3, 0.4) is 0 Å². The minimum Gasteiger partial charge on any atom is -0.274 e. The summed E-state index contributed by atoms with van der Waals surface area (Å²) in [5.74, 6) is 0.698. The van der Waals surface area contributed by atoms with Gasteiger partial charge in [-0.2, -0.15) is 0 Å². The highest BCUT2D eigenvalue weighted by atomic mass is 32.2. The first kappa shape index (κ1) is 15.0. The molecule has 0 atom stereocenters. The molecule has 0 saturated heterocycles. The Bertz CT molecular complexity index is 581. The zero-order valence-electron chi connectivity index (χ0n) is 11.6. The molecule has 1 aromatic carbocycles. The monoisotopic (exact) mass is 308 g/mol. The van der Waals surface area contributed by atoms with Crippen LogP contribution < -0.4 is 0 Å². The van der Waals surface area contributed by atoms with Gasteiger partial charge in [0.05, 0.1) is 7.11 Å². The van der Waals surface area contributed by atoms with Crippen LogP contribution in [0, 0.1) is 6.92 Å². The molecule has 0 unspecified atom stereocenters. The van der Waals surface area contributed by atoms with Crippen molar-refractivity contribution in [2.75, 3.05) is 14.2 Å². The van der Waals surface area contributed by atoms with E-state index in [9.17, 15) is 4.79 Å².